The first kappa shape index (κ1) is 55.3. The van der Waals surface area contributed by atoms with Crippen molar-refractivity contribution in [3.8, 4) is 33.8 Å². The Balaban J connectivity index is 0.000000161. The quantitative estimate of drug-likeness (QED) is 0.156. The number of rotatable bonds is 6. The Labute approximate surface area is 458 Å². The van der Waals surface area contributed by atoms with Crippen LogP contribution in [0.1, 0.15) is 57.3 Å². The number of allylic oxidation sites excluding steroid dienone is 8. The molecule has 4 aliphatic rings. The fourth-order valence-corrected chi connectivity index (χ4v) is 9.38. The number of benzene rings is 8. The summed E-state index contributed by atoms with van der Waals surface area (Å²) in [5.74, 6) is 1.64. The minimum atomic E-state index is 0. The van der Waals surface area contributed by atoms with Crippen LogP contribution in [-0.2, 0) is 61.3 Å². The van der Waals surface area contributed by atoms with Crippen molar-refractivity contribution < 1.29 is 82.8 Å². The van der Waals surface area contributed by atoms with E-state index in [1.165, 1.54) is 122 Å². The molecule has 12 rings (SSSR count). The first-order valence-electron chi connectivity index (χ1n) is 22.7. The van der Waals surface area contributed by atoms with E-state index in [0.29, 0.717) is 0 Å². The van der Waals surface area contributed by atoms with E-state index in [9.17, 15) is 0 Å². The average Bonchev–Trinajstić information content (AvgIpc) is 4.29. The van der Waals surface area contributed by atoms with Gasteiger partial charge in [-0.25, -0.2) is 24.3 Å². The molecule has 0 aliphatic heterocycles. The van der Waals surface area contributed by atoms with Gasteiger partial charge in [0, 0.05) is 11.5 Å². The van der Waals surface area contributed by atoms with Gasteiger partial charge in [0.15, 0.2) is 0 Å². The van der Waals surface area contributed by atoms with Crippen molar-refractivity contribution >= 4 is 6.41 Å². The monoisotopic (exact) mass is 1100 g/mol. The van der Waals surface area contributed by atoms with E-state index < -0.39 is 0 Å². The predicted molar refractivity (Wildman–Crippen MR) is 275 cm³/mol. The standard InChI is InChI=1S/2C14H11O.2C13H10.2C5H5.2ClH.2Zr/c2*1-15-12-6-7-14-11(9-12)8-10-4-2-3-5-13(10)14;2*1-3-7-12(8-4-1)11-13-9-5-2-6-10-13;2*1-2-4-5-3-1;;;;/h2*2-7H,8H2,1H3;2*1-10H;2*1-3H,4H2;2*1H;;/q2*-1;;;2*-1;;;2*+2/p-2. The second kappa shape index (κ2) is 30.2. The van der Waals surface area contributed by atoms with E-state index >= 15 is 0 Å². The fraction of sp³-hybridized carbons (Fsp3) is 0.0938. The molecule has 0 unspecified atom stereocenters. The Morgan fingerprint density at radius 3 is 0.971 bits per heavy atom. The van der Waals surface area contributed by atoms with Crippen LogP contribution >= 0.6 is 0 Å². The first-order chi connectivity index (χ1) is 33.5. The summed E-state index contributed by atoms with van der Waals surface area (Å²) in [4.78, 5) is 0. The van der Waals surface area contributed by atoms with Crippen molar-refractivity contribution in [3.63, 3.8) is 0 Å². The summed E-state index contributed by atoms with van der Waals surface area (Å²) in [6.07, 6.45) is 21.9. The summed E-state index contributed by atoms with van der Waals surface area (Å²) < 4.78 is 13.2. The number of fused-ring (bicyclic) bond motifs is 6. The summed E-state index contributed by atoms with van der Waals surface area (Å²) in [7, 11) is 3.36. The van der Waals surface area contributed by atoms with Crippen molar-refractivity contribution in [1.29, 1.82) is 0 Å². The van der Waals surface area contributed by atoms with Gasteiger partial charge in [-0.2, -0.15) is 24.3 Å². The van der Waals surface area contributed by atoms with Crippen LogP contribution in [0, 0.1) is 24.3 Å². The molecule has 0 heterocycles. The number of ether oxygens (including phenoxy) is 2. The summed E-state index contributed by atoms with van der Waals surface area (Å²) in [5.41, 5.74) is 15.9. The van der Waals surface area contributed by atoms with Crippen LogP contribution in [0.4, 0.5) is 0 Å². The van der Waals surface area contributed by atoms with E-state index in [2.05, 4.69) is 218 Å². The van der Waals surface area contributed by atoms with Crippen LogP contribution < -0.4 is 34.3 Å². The third-order valence-electron chi connectivity index (χ3n) is 11.2. The Hall–Kier alpha value is -5.59. The molecule has 0 spiro atoms. The van der Waals surface area contributed by atoms with Gasteiger partial charge in [-0.3, -0.25) is 12.2 Å². The van der Waals surface area contributed by atoms with Gasteiger partial charge in [0.05, 0.1) is 14.2 Å². The van der Waals surface area contributed by atoms with E-state index in [4.69, 9.17) is 9.47 Å². The molecule has 2 nitrogen and oxygen atoms in total. The maximum atomic E-state index is 5.18. The third-order valence-corrected chi connectivity index (χ3v) is 14.1. The number of halogens is 2. The van der Waals surface area contributed by atoms with Crippen molar-refractivity contribution in [2.45, 2.75) is 25.7 Å². The van der Waals surface area contributed by atoms with Gasteiger partial charge in [0.2, 0.25) is 0 Å². The molecule has 0 amide bonds. The summed E-state index contributed by atoms with van der Waals surface area (Å²) in [6.45, 7) is 0. The first-order valence-corrected chi connectivity index (χ1v) is 25.2. The van der Waals surface area contributed by atoms with Gasteiger partial charge >= 0.3 is 198 Å². The number of methoxy groups -OCH3 is 2. The molecule has 0 radical (unpaired) electrons. The number of hydrogen-bond donors (Lipinski definition) is 0. The summed E-state index contributed by atoms with van der Waals surface area (Å²) >= 11 is 2.92. The maximum absolute atomic E-state index is 5.18. The molecule has 70 heavy (non-hydrogen) atoms. The van der Waals surface area contributed by atoms with E-state index in [-0.39, 0.29) is 24.8 Å². The molecule has 8 aromatic carbocycles. The van der Waals surface area contributed by atoms with Gasteiger partial charge in [0.1, 0.15) is 0 Å². The molecule has 0 saturated heterocycles. The second-order valence-corrected chi connectivity index (χ2v) is 18.2. The molecule has 0 fully saturated rings. The third kappa shape index (κ3) is 16.2. The second-order valence-electron chi connectivity index (χ2n) is 15.7. The van der Waals surface area contributed by atoms with Crippen molar-refractivity contribution in [1.82, 2.24) is 0 Å². The van der Waals surface area contributed by atoms with Gasteiger partial charge in [0.25, 0.3) is 0 Å². The zero-order valence-electron chi connectivity index (χ0n) is 39.3. The van der Waals surface area contributed by atoms with E-state index in [1.807, 2.05) is 36.4 Å². The Bertz CT molecular complexity index is 2690. The van der Waals surface area contributed by atoms with Crippen LogP contribution in [0.25, 0.3) is 22.3 Å². The minimum absolute atomic E-state index is 0. The SMILES string of the molecule is COc1[c-]c2c(cc1)-c1ccccc1C2.COc1[c-]c2c(cc1)-c1ccccc1C2.[C-]1=CC=CC1.[C-]1=CC=CC1.[Cl-].[Cl-].[Zr+2]=[C](c1ccccc1)c1ccccc1.[Zr+2]=[C](c1ccccc1)c1ccccc1. The van der Waals surface area contributed by atoms with Crippen LogP contribution in [0.2, 0.25) is 0 Å². The molecule has 0 saturated carbocycles. The number of hydrogen-bond acceptors (Lipinski definition) is 2. The fourth-order valence-electron chi connectivity index (χ4n) is 7.74. The molecule has 344 valence electrons. The topological polar surface area (TPSA) is 18.5 Å². The van der Waals surface area contributed by atoms with E-state index in [0.717, 1.165) is 37.2 Å². The van der Waals surface area contributed by atoms with Crippen molar-refractivity contribution in [3.05, 3.63) is 299 Å². The molecule has 0 bridgehead atoms. The summed E-state index contributed by atoms with van der Waals surface area (Å²) in [6, 6.07) is 74.0. The molecular formula is C64H52Cl2O2Zr2-2. The van der Waals surface area contributed by atoms with Gasteiger partial charge in [-0.05, 0) is 12.8 Å². The van der Waals surface area contributed by atoms with E-state index in [1.54, 1.807) is 14.2 Å². The zero-order valence-corrected chi connectivity index (χ0v) is 45.8. The van der Waals surface area contributed by atoms with Crippen molar-refractivity contribution in [2.75, 3.05) is 14.2 Å². The zero-order chi connectivity index (χ0) is 47.2. The van der Waals surface area contributed by atoms with Gasteiger partial charge < -0.3 is 34.3 Å². The van der Waals surface area contributed by atoms with Gasteiger partial charge in [-0.15, -0.1) is 59.4 Å². The molecule has 0 aromatic heterocycles. The molecule has 0 atom stereocenters. The van der Waals surface area contributed by atoms with Crippen molar-refractivity contribution in [2.24, 2.45) is 0 Å². The Kier molecular flexibility index (Phi) is 23.9. The molecule has 8 aromatic rings. The van der Waals surface area contributed by atoms with Crippen LogP contribution in [0.15, 0.2) is 231 Å². The normalized spacial score (nSPS) is 11.6. The average molecular weight is 1110 g/mol. The van der Waals surface area contributed by atoms with Crippen LogP contribution in [-0.4, -0.2) is 20.6 Å². The molecule has 6 heteroatoms. The molecule has 4 aliphatic carbocycles. The Morgan fingerprint density at radius 1 is 0.386 bits per heavy atom. The van der Waals surface area contributed by atoms with Crippen LogP contribution in [0.5, 0.6) is 11.5 Å². The Morgan fingerprint density at radius 2 is 0.700 bits per heavy atom. The summed E-state index contributed by atoms with van der Waals surface area (Å²) in [5, 5.41) is 0. The molecular weight excluding hydrogens is 1050 g/mol. The predicted octanol–water partition coefficient (Wildman–Crippen LogP) is 8.36. The van der Waals surface area contributed by atoms with Gasteiger partial charge in [-0.1, -0.05) is 70.8 Å². The molecule has 0 N–H and O–H groups in total. The van der Waals surface area contributed by atoms with Crippen LogP contribution in [0.3, 0.4) is 0 Å².